The third-order valence-corrected chi connectivity index (χ3v) is 2.63. The van der Waals surface area contributed by atoms with E-state index >= 15 is 0 Å². The standard InChI is InChI=1S/C13H14F4N2/c1-2-3-4-5-12(19-18)10-8-9(14)6-7-11(10)13(15,16)17/h6-8,12,19H,4-5,18H2,1H3. The topological polar surface area (TPSA) is 38.0 Å². The first-order valence-corrected chi connectivity index (χ1v) is 5.62. The van der Waals surface area contributed by atoms with E-state index in [1.165, 1.54) is 0 Å². The average molecular weight is 274 g/mol. The van der Waals surface area contributed by atoms with E-state index in [-0.39, 0.29) is 12.0 Å². The molecule has 0 fully saturated rings. The van der Waals surface area contributed by atoms with E-state index in [1.807, 2.05) is 0 Å². The number of nitrogens with two attached hydrogens (primary N) is 1. The first kappa shape index (κ1) is 15.5. The molecule has 1 aromatic rings. The van der Waals surface area contributed by atoms with Gasteiger partial charge in [-0.25, -0.2) is 4.39 Å². The van der Waals surface area contributed by atoms with Crippen molar-refractivity contribution in [1.82, 2.24) is 5.43 Å². The summed E-state index contributed by atoms with van der Waals surface area (Å²) in [6, 6.07) is 1.56. The van der Waals surface area contributed by atoms with Crippen LogP contribution in [0.25, 0.3) is 0 Å². The first-order chi connectivity index (χ1) is 8.90. The smallest absolute Gasteiger partial charge is 0.271 e. The first-order valence-electron chi connectivity index (χ1n) is 5.62. The number of hydrazine groups is 1. The molecule has 0 aliphatic heterocycles. The summed E-state index contributed by atoms with van der Waals surface area (Å²) in [5.74, 6) is 9.90. The molecule has 1 unspecified atom stereocenters. The molecule has 0 aliphatic carbocycles. The summed E-state index contributed by atoms with van der Waals surface area (Å²) >= 11 is 0. The molecular weight excluding hydrogens is 260 g/mol. The van der Waals surface area contributed by atoms with E-state index in [9.17, 15) is 17.6 Å². The molecular formula is C13H14F4N2. The second kappa shape index (κ2) is 6.55. The molecule has 104 valence electrons. The predicted molar refractivity (Wildman–Crippen MR) is 64.2 cm³/mol. The van der Waals surface area contributed by atoms with Gasteiger partial charge >= 0.3 is 6.18 Å². The molecule has 0 aliphatic rings. The van der Waals surface area contributed by atoms with Crippen LogP contribution in [0.3, 0.4) is 0 Å². The zero-order valence-electron chi connectivity index (χ0n) is 10.3. The van der Waals surface area contributed by atoms with Gasteiger partial charge in [-0.3, -0.25) is 11.3 Å². The molecule has 0 amide bonds. The lowest BCUT2D eigenvalue weighted by molar-refractivity contribution is -0.138. The SMILES string of the molecule is CC#CCCC(NN)c1cc(F)ccc1C(F)(F)F. The van der Waals surface area contributed by atoms with Gasteiger partial charge in [0, 0.05) is 12.5 Å². The molecule has 0 heterocycles. The second-order valence-corrected chi connectivity index (χ2v) is 3.91. The Morgan fingerprint density at radius 2 is 2.05 bits per heavy atom. The number of hydrogen-bond acceptors (Lipinski definition) is 2. The summed E-state index contributed by atoms with van der Waals surface area (Å²) in [6.07, 6.45) is -3.91. The fourth-order valence-corrected chi connectivity index (χ4v) is 1.75. The lowest BCUT2D eigenvalue weighted by Gasteiger charge is -2.20. The van der Waals surface area contributed by atoms with E-state index in [0.29, 0.717) is 6.42 Å². The molecule has 0 saturated heterocycles. The van der Waals surface area contributed by atoms with Crippen LogP contribution in [0.15, 0.2) is 18.2 Å². The lowest BCUT2D eigenvalue weighted by Crippen LogP contribution is -2.30. The summed E-state index contributed by atoms with van der Waals surface area (Å²) < 4.78 is 51.7. The molecule has 0 bridgehead atoms. The minimum atomic E-state index is -4.55. The van der Waals surface area contributed by atoms with Crippen molar-refractivity contribution in [3.05, 3.63) is 35.1 Å². The van der Waals surface area contributed by atoms with Crippen LogP contribution >= 0.6 is 0 Å². The van der Waals surface area contributed by atoms with Crippen molar-refractivity contribution < 1.29 is 17.6 Å². The number of rotatable bonds is 4. The van der Waals surface area contributed by atoms with Crippen LogP contribution in [0, 0.1) is 17.7 Å². The maximum atomic E-state index is 13.2. The van der Waals surface area contributed by atoms with Crippen molar-refractivity contribution in [3.63, 3.8) is 0 Å². The number of nitrogens with one attached hydrogen (secondary N) is 1. The molecule has 1 rings (SSSR count). The summed E-state index contributed by atoms with van der Waals surface area (Å²) in [5, 5.41) is 0. The maximum Gasteiger partial charge on any atom is 0.416 e. The Hall–Kier alpha value is -1.58. The Bertz CT molecular complexity index is 486. The van der Waals surface area contributed by atoms with Crippen molar-refractivity contribution in [1.29, 1.82) is 0 Å². The third kappa shape index (κ3) is 4.23. The summed E-state index contributed by atoms with van der Waals surface area (Å²) in [7, 11) is 0. The lowest BCUT2D eigenvalue weighted by atomic mass is 9.96. The Kier molecular flexibility index (Phi) is 5.33. The van der Waals surface area contributed by atoms with E-state index in [4.69, 9.17) is 5.84 Å². The minimum absolute atomic E-state index is 0.201. The van der Waals surface area contributed by atoms with Gasteiger partial charge in [0.25, 0.3) is 0 Å². The van der Waals surface area contributed by atoms with Gasteiger partial charge in [0.15, 0.2) is 0 Å². The molecule has 0 spiro atoms. The van der Waals surface area contributed by atoms with E-state index in [0.717, 1.165) is 18.2 Å². The number of hydrogen-bond donors (Lipinski definition) is 2. The van der Waals surface area contributed by atoms with Gasteiger partial charge in [-0.15, -0.1) is 11.8 Å². The largest absolute Gasteiger partial charge is 0.416 e. The van der Waals surface area contributed by atoms with Crippen molar-refractivity contribution in [2.45, 2.75) is 32.0 Å². The van der Waals surface area contributed by atoms with Crippen LogP contribution in [-0.4, -0.2) is 0 Å². The second-order valence-electron chi connectivity index (χ2n) is 3.91. The molecule has 0 radical (unpaired) electrons. The van der Waals surface area contributed by atoms with E-state index < -0.39 is 23.6 Å². The van der Waals surface area contributed by atoms with E-state index in [1.54, 1.807) is 6.92 Å². The van der Waals surface area contributed by atoms with Crippen LogP contribution in [0.1, 0.15) is 36.9 Å². The van der Waals surface area contributed by atoms with Crippen LogP contribution in [-0.2, 0) is 6.18 Å². The highest BCUT2D eigenvalue weighted by Gasteiger charge is 2.35. The monoisotopic (exact) mass is 274 g/mol. The fourth-order valence-electron chi connectivity index (χ4n) is 1.75. The molecule has 3 N–H and O–H groups in total. The van der Waals surface area contributed by atoms with Crippen molar-refractivity contribution in [3.8, 4) is 11.8 Å². The molecule has 6 heteroatoms. The van der Waals surface area contributed by atoms with Crippen molar-refractivity contribution in [2.75, 3.05) is 0 Å². The molecule has 19 heavy (non-hydrogen) atoms. The molecule has 0 saturated carbocycles. The zero-order chi connectivity index (χ0) is 14.5. The van der Waals surface area contributed by atoms with Gasteiger partial charge in [0.1, 0.15) is 5.82 Å². The fraction of sp³-hybridized carbons (Fsp3) is 0.385. The molecule has 1 atom stereocenters. The van der Waals surface area contributed by atoms with Gasteiger partial charge in [-0.1, -0.05) is 0 Å². The predicted octanol–water partition coefficient (Wildman–Crippen LogP) is 3.15. The Morgan fingerprint density at radius 3 is 2.58 bits per heavy atom. The Balaban J connectivity index is 3.12. The molecule has 2 nitrogen and oxygen atoms in total. The quantitative estimate of drug-likeness (QED) is 0.383. The van der Waals surface area contributed by atoms with Gasteiger partial charge in [-0.05, 0) is 37.1 Å². The van der Waals surface area contributed by atoms with Crippen LogP contribution in [0.2, 0.25) is 0 Å². The Labute approximate surface area is 109 Å². The highest BCUT2D eigenvalue weighted by Crippen LogP contribution is 2.35. The van der Waals surface area contributed by atoms with Gasteiger partial charge < -0.3 is 0 Å². The van der Waals surface area contributed by atoms with Gasteiger partial charge in [-0.2, -0.15) is 13.2 Å². The van der Waals surface area contributed by atoms with Crippen LogP contribution in [0.5, 0.6) is 0 Å². The summed E-state index contributed by atoms with van der Waals surface area (Å²) in [4.78, 5) is 0. The minimum Gasteiger partial charge on any atom is -0.271 e. The molecule has 0 aromatic heterocycles. The average Bonchev–Trinajstić information content (AvgIpc) is 2.33. The maximum absolute atomic E-state index is 13.2. The third-order valence-electron chi connectivity index (χ3n) is 2.63. The number of alkyl halides is 3. The number of halogens is 4. The summed E-state index contributed by atoms with van der Waals surface area (Å²) in [5.41, 5.74) is 1.19. The van der Waals surface area contributed by atoms with Gasteiger partial charge in [0.2, 0.25) is 0 Å². The number of benzene rings is 1. The highest BCUT2D eigenvalue weighted by molar-refractivity contribution is 5.33. The van der Waals surface area contributed by atoms with Crippen molar-refractivity contribution >= 4 is 0 Å². The highest BCUT2D eigenvalue weighted by atomic mass is 19.4. The summed E-state index contributed by atoms with van der Waals surface area (Å²) in [6.45, 7) is 1.63. The normalized spacial score (nSPS) is 12.7. The van der Waals surface area contributed by atoms with Crippen LogP contribution < -0.4 is 11.3 Å². The van der Waals surface area contributed by atoms with Gasteiger partial charge in [0.05, 0.1) is 5.56 Å². The molecule has 1 aromatic carbocycles. The Morgan fingerprint density at radius 1 is 1.37 bits per heavy atom. The zero-order valence-corrected chi connectivity index (χ0v) is 10.3. The van der Waals surface area contributed by atoms with Crippen LogP contribution in [0.4, 0.5) is 17.6 Å². The van der Waals surface area contributed by atoms with E-state index in [2.05, 4.69) is 17.3 Å². The van der Waals surface area contributed by atoms with Crippen molar-refractivity contribution in [2.24, 2.45) is 5.84 Å².